The van der Waals surface area contributed by atoms with E-state index in [-0.39, 0.29) is 17.6 Å². The molecule has 2 aromatic carbocycles. The number of aromatic nitrogens is 4. The molecular weight excluding hydrogens is 408 g/mol. The van der Waals surface area contributed by atoms with Gasteiger partial charge in [0.1, 0.15) is 10.8 Å². The summed E-state index contributed by atoms with van der Waals surface area (Å²) in [5, 5.41) is 19.2. The van der Waals surface area contributed by atoms with Crippen molar-refractivity contribution >= 4 is 45.2 Å². The summed E-state index contributed by atoms with van der Waals surface area (Å²) in [4.78, 5) is 12.7. The summed E-state index contributed by atoms with van der Waals surface area (Å²) in [5.41, 5.74) is 1.71. The van der Waals surface area contributed by atoms with E-state index in [9.17, 15) is 4.79 Å². The summed E-state index contributed by atoms with van der Waals surface area (Å²) in [7, 11) is 0. The van der Waals surface area contributed by atoms with E-state index >= 15 is 0 Å². The third-order valence-corrected chi connectivity index (χ3v) is 5.05. The second-order valence-corrected chi connectivity index (χ2v) is 7.39. The Hall–Kier alpha value is -3.37. The van der Waals surface area contributed by atoms with Gasteiger partial charge in [-0.3, -0.25) is 10.1 Å². The highest BCUT2D eigenvalue weighted by Crippen LogP contribution is 2.26. The Morgan fingerprint density at radius 1 is 1.14 bits per heavy atom. The fraction of sp³-hybridized carbons (Fsp3) is 0.105. The Morgan fingerprint density at radius 2 is 1.90 bits per heavy atom. The smallest absolute Gasteiger partial charge is 0.264 e. The molecule has 0 aliphatic heterocycles. The molecule has 0 saturated heterocycles. The number of fused-ring (bicyclic) bond motifs is 1. The molecule has 10 heteroatoms. The maximum Gasteiger partial charge on any atom is 0.264 e. The highest BCUT2D eigenvalue weighted by atomic mass is 32.1. The Balaban J connectivity index is 1.32. The number of ether oxygens (including phenoxy) is 1. The maximum atomic E-state index is 12.0. The van der Waals surface area contributed by atoms with Crippen LogP contribution in [0.25, 0.3) is 15.5 Å². The number of anilines is 1. The third kappa shape index (κ3) is 4.55. The zero-order chi connectivity index (χ0) is 20.2. The average molecular weight is 425 g/mol. The minimum atomic E-state index is -0.335. The average Bonchev–Trinajstić information content (AvgIpc) is 3.30. The van der Waals surface area contributed by atoms with Gasteiger partial charge >= 0.3 is 0 Å². The predicted octanol–water partition coefficient (Wildman–Crippen LogP) is 3.05. The zero-order valence-corrected chi connectivity index (χ0v) is 17.0. The van der Waals surface area contributed by atoms with Crippen molar-refractivity contribution in [3.8, 4) is 16.3 Å². The van der Waals surface area contributed by atoms with Gasteiger partial charge in [0.25, 0.3) is 5.91 Å². The fourth-order valence-electron chi connectivity index (χ4n) is 2.52. The van der Waals surface area contributed by atoms with Crippen molar-refractivity contribution in [3.05, 3.63) is 60.4 Å². The van der Waals surface area contributed by atoms with Crippen LogP contribution in [0.2, 0.25) is 0 Å². The Bertz CT molecular complexity index is 1150. The molecule has 0 bridgehead atoms. The van der Waals surface area contributed by atoms with Crippen LogP contribution in [0.5, 0.6) is 5.75 Å². The van der Waals surface area contributed by atoms with Crippen molar-refractivity contribution in [1.82, 2.24) is 25.1 Å². The van der Waals surface area contributed by atoms with Crippen molar-refractivity contribution in [2.45, 2.75) is 6.92 Å². The van der Waals surface area contributed by atoms with E-state index in [4.69, 9.17) is 17.0 Å². The van der Waals surface area contributed by atoms with E-state index in [1.807, 2.05) is 49.4 Å². The molecule has 0 fully saturated rings. The van der Waals surface area contributed by atoms with Gasteiger partial charge in [-0.15, -0.1) is 10.2 Å². The first-order valence-corrected chi connectivity index (χ1v) is 9.89. The van der Waals surface area contributed by atoms with Gasteiger partial charge in [0, 0.05) is 11.3 Å². The molecule has 146 valence electrons. The summed E-state index contributed by atoms with van der Waals surface area (Å²) in [6.07, 6.45) is 0. The van der Waals surface area contributed by atoms with Crippen molar-refractivity contribution in [1.29, 1.82) is 0 Å². The molecule has 4 aromatic rings. The Morgan fingerprint density at radius 3 is 2.62 bits per heavy atom. The molecule has 0 radical (unpaired) electrons. The van der Waals surface area contributed by atoms with Crippen LogP contribution in [0.1, 0.15) is 5.82 Å². The number of aryl methyl sites for hydroxylation is 1. The minimum absolute atomic E-state index is 0.120. The number of nitrogens with zero attached hydrogens (tertiary/aromatic N) is 4. The Kier molecular flexibility index (Phi) is 5.45. The number of carbonyl (C=O) groups is 1. The number of nitrogens with one attached hydrogen (secondary N) is 2. The van der Waals surface area contributed by atoms with Gasteiger partial charge in [-0.25, -0.2) is 0 Å². The van der Waals surface area contributed by atoms with Crippen LogP contribution in [0.4, 0.5) is 5.69 Å². The molecule has 0 aliphatic carbocycles. The molecule has 0 saturated carbocycles. The highest BCUT2D eigenvalue weighted by molar-refractivity contribution is 7.80. The van der Waals surface area contributed by atoms with Gasteiger partial charge in [0.05, 0.1) is 0 Å². The molecule has 29 heavy (non-hydrogen) atoms. The van der Waals surface area contributed by atoms with Gasteiger partial charge in [0.2, 0.25) is 4.96 Å². The molecule has 2 heterocycles. The number of rotatable bonds is 5. The number of hydrogen-bond acceptors (Lipinski definition) is 7. The van der Waals surface area contributed by atoms with Crippen LogP contribution in [-0.4, -0.2) is 37.4 Å². The molecule has 4 rings (SSSR count). The van der Waals surface area contributed by atoms with Crippen molar-refractivity contribution < 1.29 is 9.53 Å². The Labute approximate surface area is 175 Å². The van der Waals surface area contributed by atoms with E-state index in [1.54, 1.807) is 16.6 Å². The second-order valence-electron chi connectivity index (χ2n) is 6.03. The maximum absolute atomic E-state index is 12.0. The molecule has 0 atom stereocenters. The van der Waals surface area contributed by atoms with Crippen LogP contribution in [0, 0.1) is 6.92 Å². The van der Waals surface area contributed by atoms with Gasteiger partial charge in [0.15, 0.2) is 17.5 Å². The number of hydrogen-bond donors (Lipinski definition) is 2. The number of para-hydroxylation sites is 1. The van der Waals surface area contributed by atoms with Gasteiger partial charge in [-0.05, 0) is 55.5 Å². The number of benzene rings is 2. The first-order chi connectivity index (χ1) is 14.1. The summed E-state index contributed by atoms with van der Waals surface area (Å²) in [5.74, 6) is 1.04. The monoisotopic (exact) mass is 424 g/mol. The largest absolute Gasteiger partial charge is 0.484 e. The topological polar surface area (TPSA) is 93.4 Å². The van der Waals surface area contributed by atoms with Crippen LogP contribution in [0.15, 0.2) is 54.6 Å². The molecule has 0 aliphatic rings. The quantitative estimate of drug-likeness (QED) is 0.476. The lowest BCUT2D eigenvalue weighted by Crippen LogP contribution is -2.37. The van der Waals surface area contributed by atoms with E-state index in [0.717, 1.165) is 27.0 Å². The predicted molar refractivity (Wildman–Crippen MR) is 115 cm³/mol. The molecule has 2 N–H and O–H groups in total. The van der Waals surface area contributed by atoms with E-state index < -0.39 is 0 Å². The molecule has 8 nitrogen and oxygen atoms in total. The fourth-order valence-corrected chi connectivity index (χ4v) is 3.64. The standard InChI is InChI=1S/C19H16N6O2S2/c1-12-22-23-19-25(12)24-17(29-19)13-7-9-14(10-8-13)20-18(28)21-16(26)11-27-15-5-3-2-4-6-15/h2-10H,11H2,1H3,(H2,20,21,26,28). The molecule has 1 amide bonds. The normalized spacial score (nSPS) is 10.7. The van der Waals surface area contributed by atoms with Crippen LogP contribution >= 0.6 is 23.6 Å². The van der Waals surface area contributed by atoms with Crippen molar-refractivity contribution in [2.75, 3.05) is 11.9 Å². The van der Waals surface area contributed by atoms with Crippen LogP contribution in [-0.2, 0) is 4.79 Å². The first kappa shape index (κ1) is 19.0. The van der Waals surface area contributed by atoms with E-state index in [1.165, 1.54) is 11.3 Å². The summed E-state index contributed by atoms with van der Waals surface area (Å²) >= 11 is 6.65. The first-order valence-electron chi connectivity index (χ1n) is 8.66. The number of thiocarbonyl (C=S) groups is 1. The summed E-state index contributed by atoms with van der Waals surface area (Å²) in [6.45, 7) is 1.74. The highest BCUT2D eigenvalue weighted by Gasteiger charge is 2.11. The van der Waals surface area contributed by atoms with Crippen molar-refractivity contribution in [3.63, 3.8) is 0 Å². The van der Waals surface area contributed by atoms with Gasteiger partial charge in [-0.2, -0.15) is 9.61 Å². The lowest BCUT2D eigenvalue weighted by molar-refractivity contribution is -0.121. The van der Waals surface area contributed by atoms with E-state index in [0.29, 0.717) is 5.75 Å². The lowest BCUT2D eigenvalue weighted by atomic mass is 10.2. The summed E-state index contributed by atoms with van der Waals surface area (Å²) in [6, 6.07) is 16.7. The van der Waals surface area contributed by atoms with Gasteiger partial charge in [-0.1, -0.05) is 29.5 Å². The molecular formula is C19H16N6O2S2. The molecule has 2 aromatic heterocycles. The third-order valence-electron chi connectivity index (χ3n) is 3.90. The number of amides is 1. The van der Waals surface area contributed by atoms with Crippen LogP contribution < -0.4 is 15.4 Å². The number of carbonyl (C=O) groups excluding carboxylic acids is 1. The van der Waals surface area contributed by atoms with E-state index in [2.05, 4.69) is 25.9 Å². The lowest BCUT2D eigenvalue weighted by Gasteiger charge is -2.10. The summed E-state index contributed by atoms with van der Waals surface area (Å²) < 4.78 is 7.11. The van der Waals surface area contributed by atoms with Gasteiger partial charge < -0.3 is 10.1 Å². The minimum Gasteiger partial charge on any atom is -0.484 e. The SMILES string of the molecule is Cc1nnc2sc(-c3ccc(NC(=S)NC(=O)COc4ccccc4)cc3)nn12. The second kappa shape index (κ2) is 8.33. The molecule has 0 spiro atoms. The molecule has 0 unspecified atom stereocenters. The van der Waals surface area contributed by atoms with Crippen molar-refractivity contribution in [2.24, 2.45) is 0 Å². The zero-order valence-electron chi connectivity index (χ0n) is 15.3. The van der Waals surface area contributed by atoms with Crippen LogP contribution in [0.3, 0.4) is 0 Å².